The Morgan fingerprint density at radius 1 is 1.30 bits per heavy atom. The number of likely N-dealkylation sites (N-methyl/N-ethyl adjacent to an activating group) is 1. The van der Waals surface area contributed by atoms with Gasteiger partial charge in [-0.15, -0.1) is 0 Å². The molecule has 2 bridgehead atoms. The molecule has 5 heteroatoms. The summed E-state index contributed by atoms with van der Waals surface area (Å²) in [6, 6.07) is 6.29. The molecule has 2 heterocycles. The highest BCUT2D eigenvalue weighted by atomic mass is 32.1. The number of fused-ring (bicyclic) bond motifs is 2. The van der Waals surface area contributed by atoms with Crippen LogP contribution in [0.3, 0.4) is 0 Å². The third-order valence-electron chi connectivity index (χ3n) is 4.73. The van der Waals surface area contributed by atoms with Crippen LogP contribution in [-0.4, -0.2) is 42.1 Å². The largest absolute Gasteiger partial charge is 0.389 e. The maximum absolute atomic E-state index is 14.0. The van der Waals surface area contributed by atoms with Crippen molar-refractivity contribution in [3.63, 3.8) is 0 Å². The van der Waals surface area contributed by atoms with E-state index in [1.807, 2.05) is 6.07 Å². The molecule has 0 radical (unpaired) electrons. The summed E-state index contributed by atoms with van der Waals surface area (Å²) in [7, 11) is 2.20. The van der Waals surface area contributed by atoms with Crippen LogP contribution in [0.1, 0.15) is 24.8 Å². The van der Waals surface area contributed by atoms with Crippen LogP contribution in [0.5, 0.6) is 0 Å². The van der Waals surface area contributed by atoms with E-state index in [1.165, 1.54) is 18.9 Å². The first-order valence-electron chi connectivity index (χ1n) is 7.13. The fourth-order valence-corrected chi connectivity index (χ4v) is 3.75. The molecule has 0 aromatic heterocycles. The number of benzene rings is 1. The Morgan fingerprint density at radius 2 is 2.05 bits per heavy atom. The molecule has 1 aromatic rings. The van der Waals surface area contributed by atoms with Gasteiger partial charge in [0, 0.05) is 30.9 Å². The van der Waals surface area contributed by atoms with Gasteiger partial charge in [0.2, 0.25) is 0 Å². The van der Waals surface area contributed by atoms with E-state index in [0.29, 0.717) is 17.6 Å². The van der Waals surface area contributed by atoms with Crippen molar-refractivity contribution in [3.8, 4) is 0 Å². The summed E-state index contributed by atoms with van der Waals surface area (Å²) >= 11 is 5.03. The van der Waals surface area contributed by atoms with Crippen LogP contribution >= 0.6 is 12.2 Å². The second-order valence-electron chi connectivity index (χ2n) is 5.78. The van der Waals surface area contributed by atoms with Crippen LogP contribution in [0.15, 0.2) is 18.2 Å². The summed E-state index contributed by atoms with van der Waals surface area (Å²) in [4.78, 5) is 4.86. The lowest BCUT2D eigenvalue weighted by atomic mass is 10.1. The molecule has 3 rings (SSSR count). The van der Waals surface area contributed by atoms with E-state index in [9.17, 15) is 4.39 Å². The van der Waals surface area contributed by atoms with Crippen LogP contribution in [-0.2, 0) is 0 Å². The summed E-state index contributed by atoms with van der Waals surface area (Å²) in [6.07, 6.45) is 3.61. The molecule has 0 saturated carbocycles. The highest BCUT2D eigenvalue weighted by Gasteiger charge is 2.35. The second-order valence-corrected chi connectivity index (χ2v) is 6.22. The van der Waals surface area contributed by atoms with Gasteiger partial charge in [0.25, 0.3) is 0 Å². The van der Waals surface area contributed by atoms with E-state index in [4.69, 9.17) is 18.0 Å². The lowest BCUT2D eigenvalue weighted by Gasteiger charge is -2.29. The number of hydrogen-bond donors (Lipinski definition) is 1. The zero-order valence-corrected chi connectivity index (χ0v) is 12.5. The Hall–Kier alpha value is -1.20. The normalized spacial score (nSPS) is 26.6. The van der Waals surface area contributed by atoms with Crippen molar-refractivity contribution in [1.82, 2.24) is 4.90 Å². The number of nitrogens with two attached hydrogens (primary N) is 1. The minimum Gasteiger partial charge on any atom is -0.389 e. The summed E-state index contributed by atoms with van der Waals surface area (Å²) in [5, 5.41) is 0. The average molecular weight is 293 g/mol. The number of hydrogen-bond acceptors (Lipinski definition) is 3. The molecule has 108 valence electrons. The number of nitrogens with zero attached hydrogens (tertiary/aromatic N) is 2. The average Bonchev–Trinajstić information content (AvgIpc) is 2.62. The molecule has 2 N–H and O–H groups in total. The molecule has 2 aliphatic heterocycles. The SMILES string of the molecule is CN1C2CCC1CN(c1cccc(F)c1C(N)=S)CC2. The quantitative estimate of drug-likeness (QED) is 0.847. The zero-order valence-electron chi connectivity index (χ0n) is 11.7. The lowest BCUT2D eigenvalue weighted by molar-refractivity contribution is 0.254. The molecule has 0 amide bonds. The minimum absolute atomic E-state index is 0.140. The molecular weight excluding hydrogens is 273 g/mol. The van der Waals surface area contributed by atoms with Gasteiger partial charge in [-0.3, -0.25) is 4.90 Å². The van der Waals surface area contributed by atoms with Crippen LogP contribution in [0.25, 0.3) is 0 Å². The van der Waals surface area contributed by atoms with Gasteiger partial charge in [-0.1, -0.05) is 18.3 Å². The highest BCUT2D eigenvalue weighted by molar-refractivity contribution is 7.80. The number of thiocarbonyl (C=S) groups is 1. The van der Waals surface area contributed by atoms with Gasteiger partial charge in [0.05, 0.1) is 5.56 Å². The van der Waals surface area contributed by atoms with Crippen molar-refractivity contribution in [2.75, 3.05) is 25.0 Å². The van der Waals surface area contributed by atoms with E-state index < -0.39 is 0 Å². The highest BCUT2D eigenvalue weighted by Crippen LogP contribution is 2.32. The molecule has 1 aromatic carbocycles. The molecule has 20 heavy (non-hydrogen) atoms. The van der Waals surface area contributed by atoms with Gasteiger partial charge >= 0.3 is 0 Å². The van der Waals surface area contributed by atoms with Crippen molar-refractivity contribution in [3.05, 3.63) is 29.6 Å². The molecule has 2 aliphatic rings. The van der Waals surface area contributed by atoms with Gasteiger partial charge in [-0.25, -0.2) is 4.39 Å². The molecular formula is C15H20FN3S. The first-order chi connectivity index (χ1) is 9.58. The smallest absolute Gasteiger partial charge is 0.135 e. The van der Waals surface area contributed by atoms with Crippen molar-refractivity contribution in [2.45, 2.75) is 31.3 Å². The van der Waals surface area contributed by atoms with E-state index >= 15 is 0 Å². The van der Waals surface area contributed by atoms with Crippen molar-refractivity contribution in [2.24, 2.45) is 5.73 Å². The lowest BCUT2D eigenvalue weighted by Crippen LogP contribution is -2.37. The fourth-order valence-electron chi connectivity index (χ4n) is 3.55. The van der Waals surface area contributed by atoms with E-state index in [2.05, 4.69) is 16.8 Å². The maximum atomic E-state index is 14.0. The molecule has 3 nitrogen and oxygen atoms in total. The molecule has 0 spiro atoms. The third kappa shape index (κ3) is 2.29. The van der Waals surface area contributed by atoms with Crippen molar-refractivity contribution in [1.29, 1.82) is 0 Å². The van der Waals surface area contributed by atoms with Crippen LogP contribution in [0, 0.1) is 5.82 Å². The van der Waals surface area contributed by atoms with Gasteiger partial charge in [0.1, 0.15) is 10.8 Å². The topological polar surface area (TPSA) is 32.5 Å². The van der Waals surface area contributed by atoms with Gasteiger partial charge in [-0.2, -0.15) is 0 Å². The summed E-state index contributed by atoms with van der Waals surface area (Å²) in [6.45, 7) is 1.86. The third-order valence-corrected chi connectivity index (χ3v) is 4.93. The predicted octanol–water partition coefficient (Wildman–Crippen LogP) is 2.13. The Kier molecular flexibility index (Phi) is 3.65. The van der Waals surface area contributed by atoms with Crippen molar-refractivity contribution < 1.29 is 4.39 Å². The van der Waals surface area contributed by atoms with Gasteiger partial charge < -0.3 is 10.6 Å². The molecule has 2 saturated heterocycles. The number of halogens is 1. The van der Waals surface area contributed by atoms with E-state index in [0.717, 1.165) is 25.2 Å². The Morgan fingerprint density at radius 3 is 2.80 bits per heavy atom. The summed E-state index contributed by atoms with van der Waals surface area (Å²) < 4.78 is 14.0. The minimum atomic E-state index is -0.322. The Labute approximate surface area is 124 Å². The number of rotatable bonds is 2. The van der Waals surface area contributed by atoms with E-state index in [1.54, 1.807) is 6.07 Å². The molecule has 2 unspecified atom stereocenters. The van der Waals surface area contributed by atoms with Crippen LogP contribution in [0.4, 0.5) is 10.1 Å². The van der Waals surface area contributed by atoms with Gasteiger partial charge in [0.15, 0.2) is 0 Å². The maximum Gasteiger partial charge on any atom is 0.135 e. The second kappa shape index (κ2) is 5.30. The first kappa shape index (κ1) is 13.8. The Balaban J connectivity index is 1.94. The monoisotopic (exact) mass is 293 g/mol. The predicted molar refractivity (Wildman–Crippen MR) is 83.7 cm³/mol. The molecule has 0 aliphatic carbocycles. The van der Waals surface area contributed by atoms with E-state index in [-0.39, 0.29) is 10.8 Å². The summed E-state index contributed by atoms with van der Waals surface area (Å²) in [5.41, 5.74) is 6.96. The standard InChI is InChI=1S/C15H20FN3S/c1-18-10-5-6-11(18)9-19(8-7-10)13-4-2-3-12(16)14(13)15(17)20/h2-4,10-11H,5-9H2,1H3,(H2,17,20). The van der Waals surface area contributed by atoms with Gasteiger partial charge in [-0.05, 0) is 38.4 Å². The zero-order chi connectivity index (χ0) is 14.3. The Bertz CT molecular complexity index is 534. The molecule has 2 atom stereocenters. The van der Waals surface area contributed by atoms with Crippen molar-refractivity contribution >= 4 is 22.9 Å². The fraction of sp³-hybridized carbons (Fsp3) is 0.533. The number of anilines is 1. The first-order valence-corrected chi connectivity index (χ1v) is 7.54. The van der Waals surface area contributed by atoms with Crippen LogP contribution < -0.4 is 10.6 Å². The van der Waals surface area contributed by atoms with Crippen LogP contribution in [0.2, 0.25) is 0 Å². The molecule has 2 fully saturated rings. The summed E-state index contributed by atoms with van der Waals surface area (Å²) in [5.74, 6) is -0.322.